The van der Waals surface area contributed by atoms with Crippen LogP contribution in [0.4, 0.5) is 8.78 Å². The summed E-state index contributed by atoms with van der Waals surface area (Å²) in [5.74, 6) is -0.424. The van der Waals surface area contributed by atoms with E-state index in [4.69, 9.17) is 4.74 Å². The highest BCUT2D eigenvalue weighted by molar-refractivity contribution is 5.79. The minimum absolute atomic E-state index is 0.0441. The zero-order valence-electron chi connectivity index (χ0n) is 13.9. The van der Waals surface area contributed by atoms with E-state index in [2.05, 4.69) is 15.6 Å². The van der Waals surface area contributed by atoms with Crippen LogP contribution in [0.15, 0.2) is 23.2 Å². The lowest BCUT2D eigenvalue weighted by Gasteiger charge is -2.27. The van der Waals surface area contributed by atoms with E-state index in [-0.39, 0.29) is 24.1 Å². The van der Waals surface area contributed by atoms with Crippen molar-refractivity contribution in [3.63, 3.8) is 0 Å². The molecule has 1 fully saturated rings. The van der Waals surface area contributed by atoms with Crippen LogP contribution in [0.5, 0.6) is 0 Å². The van der Waals surface area contributed by atoms with Crippen LogP contribution in [0.1, 0.15) is 25.3 Å². The molecule has 7 heteroatoms. The predicted molar refractivity (Wildman–Crippen MR) is 88.7 cm³/mol. The lowest BCUT2D eigenvalue weighted by atomic mass is 9.84. The van der Waals surface area contributed by atoms with Gasteiger partial charge in [0.1, 0.15) is 11.6 Å². The summed E-state index contributed by atoms with van der Waals surface area (Å²) >= 11 is 0. The number of nitrogens with zero attached hydrogens (tertiary/aromatic N) is 1. The van der Waals surface area contributed by atoms with Crippen molar-refractivity contribution in [1.29, 1.82) is 0 Å². The number of benzene rings is 1. The Bertz CT molecular complexity index is 561. The van der Waals surface area contributed by atoms with Crippen LogP contribution in [0.25, 0.3) is 0 Å². The highest BCUT2D eigenvalue weighted by atomic mass is 19.1. The Morgan fingerprint density at radius 1 is 1.38 bits per heavy atom. The first-order valence-electron chi connectivity index (χ1n) is 8.23. The van der Waals surface area contributed by atoms with Crippen molar-refractivity contribution in [2.24, 2.45) is 10.4 Å². The fourth-order valence-electron chi connectivity index (χ4n) is 2.75. The Morgan fingerprint density at radius 3 is 2.88 bits per heavy atom. The maximum atomic E-state index is 13.7. The summed E-state index contributed by atoms with van der Waals surface area (Å²) in [5, 5.41) is 15.6. The standard InChI is InChI=1S/C17H25F2N3O2/c1-2-20-16(21-10-13-9-14(18)3-4-15(13)19)22-11-17(5-7-23)6-8-24-12-17/h3-4,9,23H,2,5-8,10-12H2,1H3,(H2,20,21,22). The van der Waals surface area contributed by atoms with Gasteiger partial charge in [-0.05, 0) is 38.0 Å². The topological polar surface area (TPSA) is 65.9 Å². The summed E-state index contributed by atoms with van der Waals surface area (Å²) in [6.07, 6.45) is 1.52. The summed E-state index contributed by atoms with van der Waals surface area (Å²) in [6, 6.07) is 3.35. The fraction of sp³-hybridized carbons (Fsp3) is 0.588. The van der Waals surface area contributed by atoms with Gasteiger partial charge in [0.05, 0.1) is 13.2 Å². The summed E-state index contributed by atoms with van der Waals surface area (Å²) in [4.78, 5) is 4.32. The van der Waals surface area contributed by atoms with Crippen LogP contribution in [0.2, 0.25) is 0 Å². The highest BCUT2D eigenvalue weighted by Crippen LogP contribution is 2.31. The summed E-state index contributed by atoms with van der Waals surface area (Å²) in [7, 11) is 0. The van der Waals surface area contributed by atoms with E-state index in [1.165, 1.54) is 0 Å². The van der Waals surface area contributed by atoms with E-state index in [1.54, 1.807) is 0 Å². The van der Waals surface area contributed by atoms with Gasteiger partial charge < -0.3 is 20.5 Å². The van der Waals surface area contributed by atoms with Gasteiger partial charge in [0, 0.05) is 37.3 Å². The van der Waals surface area contributed by atoms with E-state index < -0.39 is 11.6 Å². The molecule has 5 nitrogen and oxygen atoms in total. The SMILES string of the molecule is CCNC(=NCc1cc(F)ccc1F)NCC1(CCO)CCOC1. The molecule has 0 bridgehead atoms. The molecule has 0 aromatic heterocycles. The van der Waals surface area contributed by atoms with E-state index in [0.717, 1.165) is 24.6 Å². The molecule has 1 aromatic rings. The van der Waals surface area contributed by atoms with Crippen molar-refractivity contribution >= 4 is 5.96 Å². The molecule has 1 saturated heterocycles. The van der Waals surface area contributed by atoms with Gasteiger partial charge in [-0.3, -0.25) is 0 Å². The lowest BCUT2D eigenvalue weighted by Crippen LogP contribution is -2.44. The highest BCUT2D eigenvalue weighted by Gasteiger charge is 2.34. The molecule has 0 amide bonds. The zero-order chi connectivity index (χ0) is 17.4. The normalized spacial score (nSPS) is 21.1. The van der Waals surface area contributed by atoms with Gasteiger partial charge in [-0.15, -0.1) is 0 Å². The van der Waals surface area contributed by atoms with E-state index in [9.17, 15) is 13.9 Å². The summed E-state index contributed by atoms with van der Waals surface area (Å²) in [5.41, 5.74) is 0.0937. The van der Waals surface area contributed by atoms with Gasteiger partial charge in [0.15, 0.2) is 5.96 Å². The molecule has 1 aromatic carbocycles. The molecule has 0 radical (unpaired) electrons. The molecular formula is C17H25F2N3O2. The Kier molecular flexibility index (Phi) is 6.93. The van der Waals surface area contributed by atoms with Crippen LogP contribution < -0.4 is 10.6 Å². The van der Waals surface area contributed by atoms with Crippen molar-refractivity contribution in [2.45, 2.75) is 26.3 Å². The molecule has 1 atom stereocenters. The molecular weight excluding hydrogens is 316 g/mol. The molecule has 0 saturated carbocycles. The van der Waals surface area contributed by atoms with Crippen molar-refractivity contribution < 1.29 is 18.6 Å². The number of aliphatic imine (C=N–C) groups is 1. The molecule has 2 rings (SSSR count). The number of rotatable bonds is 7. The minimum Gasteiger partial charge on any atom is -0.396 e. The van der Waals surface area contributed by atoms with Crippen molar-refractivity contribution in [3.05, 3.63) is 35.4 Å². The second-order valence-electron chi connectivity index (χ2n) is 6.06. The van der Waals surface area contributed by atoms with Crippen LogP contribution >= 0.6 is 0 Å². The number of aliphatic hydroxyl groups excluding tert-OH is 1. The second kappa shape index (κ2) is 8.94. The van der Waals surface area contributed by atoms with Gasteiger partial charge >= 0.3 is 0 Å². The first-order valence-corrected chi connectivity index (χ1v) is 8.23. The molecule has 24 heavy (non-hydrogen) atoms. The van der Waals surface area contributed by atoms with E-state index in [1.807, 2.05) is 6.92 Å². The second-order valence-corrected chi connectivity index (χ2v) is 6.06. The third-order valence-electron chi connectivity index (χ3n) is 4.22. The third-order valence-corrected chi connectivity index (χ3v) is 4.22. The van der Waals surface area contributed by atoms with Gasteiger partial charge in [0.2, 0.25) is 0 Å². The van der Waals surface area contributed by atoms with Gasteiger partial charge in [0.25, 0.3) is 0 Å². The average Bonchev–Trinajstić information content (AvgIpc) is 3.02. The van der Waals surface area contributed by atoms with Crippen LogP contribution in [-0.4, -0.2) is 44.0 Å². The van der Waals surface area contributed by atoms with Crippen molar-refractivity contribution in [1.82, 2.24) is 10.6 Å². The molecule has 0 aliphatic carbocycles. The Balaban J connectivity index is 2.01. The number of hydrogen-bond donors (Lipinski definition) is 3. The van der Waals surface area contributed by atoms with Crippen molar-refractivity contribution in [2.75, 3.05) is 32.9 Å². The average molecular weight is 341 g/mol. The van der Waals surface area contributed by atoms with Gasteiger partial charge in [-0.25, -0.2) is 13.8 Å². The molecule has 134 valence electrons. The van der Waals surface area contributed by atoms with Gasteiger partial charge in [-0.2, -0.15) is 0 Å². The van der Waals surface area contributed by atoms with E-state index >= 15 is 0 Å². The molecule has 1 aliphatic heterocycles. The summed E-state index contributed by atoms with van der Waals surface area (Å²) < 4.78 is 32.4. The largest absolute Gasteiger partial charge is 0.396 e. The van der Waals surface area contributed by atoms with Crippen LogP contribution in [-0.2, 0) is 11.3 Å². The molecule has 0 spiro atoms. The number of aliphatic hydroxyl groups is 1. The number of hydrogen-bond acceptors (Lipinski definition) is 3. The quantitative estimate of drug-likeness (QED) is 0.523. The van der Waals surface area contributed by atoms with Gasteiger partial charge in [-0.1, -0.05) is 0 Å². The summed E-state index contributed by atoms with van der Waals surface area (Å²) in [6.45, 7) is 4.62. The van der Waals surface area contributed by atoms with E-state index in [0.29, 0.717) is 38.7 Å². The Labute approximate surface area is 141 Å². The predicted octanol–water partition coefficient (Wildman–Crippen LogP) is 1.81. The number of ether oxygens (including phenoxy) is 1. The monoisotopic (exact) mass is 341 g/mol. The fourth-order valence-corrected chi connectivity index (χ4v) is 2.75. The van der Waals surface area contributed by atoms with Crippen molar-refractivity contribution in [3.8, 4) is 0 Å². The smallest absolute Gasteiger partial charge is 0.191 e. The molecule has 1 heterocycles. The Hall–Kier alpha value is -1.73. The number of nitrogens with one attached hydrogen (secondary N) is 2. The molecule has 1 unspecified atom stereocenters. The maximum absolute atomic E-state index is 13.7. The number of guanidine groups is 1. The first kappa shape index (κ1) is 18.6. The zero-order valence-corrected chi connectivity index (χ0v) is 13.9. The number of halogens is 2. The molecule has 1 aliphatic rings. The third kappa shape index (κ3) is 5.14. The Morgan fingerprint density at radius 2 is 2.21 bits per heavy atom. The lowest BCUT2D eigenvalue weighted by molar-refractivity contribution is 0.127. The van der Waals surface area contributed by atoms with Crippen LogP contribution in [0, 0.1) is 17.0 Å². The minimum atomic E-state index is -0.482. The maximum Gasteiger partial charge on any atom is 0.191 e. The first-order chi connectivity index (χ1) is 11.6. The molecule has 3 N–H and O–H groups in total. The van der Waals surface area contributed by atoms with Crippen LogP contribution in [0.3, 0.4) is 0 Å².